The molecule has 0 aromatic heterocycles. The number of rotatable bonds is 2. The minimum atomic E-state index is -0.0724. The molecule has 1 fully saturated rings. The zero-order valence-electron chi connectivity index (χ0n) is 8.69. The molecular formula is C11H17ClN2O. The van der Waals surface area contributed by atoms with E-state index in [1.807, 2.05) is 30.3 Å². The van der Waals surface area contributed by atoms with Gasteiger partial charge >= 0.3 is 0 Å². The van der Waals surface area contributed by atoms with E-state index in [0.29, 0.717) is 19.6 Å². The van der Waals surface area contributed by atoms with E-state index in [2.05, 4.69) is 5.32 Å². The van der Waals surface area contributed by atoms with Gasteiger partial charge in [0.15, 0.2) is 0 Å². The lowest BCUT2D eigenvalue weighted by atomic mass is 10.2. The lowest BCUT2D eigenvalue weighted by Crippen LogP contribution is -2.54. The Labute approximate surface area is 96.7 Å². The van der Waals surface area contributed by atoms with Gasteiger partial charge in [-0.25, -0.2) is 0 Å². The lowest BCUT2D eigenvalue weighted by molar-refractivity contribution is -0.895. The molecule has 4 heteroatoms. The molecule has 84 valence electrons. The van der Waals surface area contributed by atoms with Crippen molar-refractivity contribution in [1.82, 2.24) is 5.32 Å². The van der Waals surface area contributed by atoms with Gasteiger partial charge in [-0.15, -0.1) is 12.4 Å². The average molecular weight is 229 g/mol. The van der Waals surface area contributed by atoms with E-state index in [0.717, 1.165) is 18.7 Å². The van der Waals surface area contributed by atoms with Crippen LogP contribution in [-0.2, 0) is 6.54 Å². The van der Waals surface area contributed by atoms with Gasteiger partial charge in [-0.1, -0.05) is 30.3 Å². The zero-order chi connectivity index (χ0) is 9.86. The van der Waals surface area contributed by atoms with Crippen LogP contribution in [0.1, 0.15) is 5.56 Å². The first-order chi connectivity index (χ1) is 6.79. The molecule has 0 unspecified atom stereocenters. The molecule has 1 aromatic carbocycles. The van der Waals surface area contributed by atoms with Gasteiger partial charge in [0.05, 0.1) is 13.1 Å². The van der Waals surface area contributed by atoms with E-state index < -0.39 is 0 Å². The maximum absolute atomic E-state index is 12.2. The summed E-state index contributed by atoms with van der Waals surface area (Å²) in [7, 11) is 0. The van der Waals surface area contributed by atoms with Gasteiger partial charge in [-0.3, -0.25) is 0 Å². The van der Waals surface area contributed by atoms with Crippen LogP contribution in [0.2, 0.25) is 0 Å². The molecule has 0 saturated carbocycles. The summed E-state index contributed by atoms with van der Waals surface area (Å²) in [6, 6.07) is 10.0. The minimum Gasteiger partial charge on any atom is -0.632 e. The van der Waals surface area contributed by atoms with Gasteiger partial charge in [0, 0.05) is 18.7 Å². The number of piperazine rings is 1. The van der Waals surface area contributed by atoms with Crippen LogP contribution in [-0.4, -0.2) is 30.8 Å². The van der Waals surface area contributed by atoms with Crippen LogP contribution in [0.15, 0.2) is 30.3 Å². The molecule has 0 atom stereocenters. The predicted molar refractivity (Wildman–Crippen MR) is 63.6 cm³/mol. The van der Waals surface area contributed by atoms with Gasteiger partial charge in [0.25, 0.3) is 0 Å². The fraction of sp³-hybridized carbons (Fsp3) is 0.455. The Bertz CT molecular complexity index is 286. The quantitative estimate of drug-likeness (QED) is 0.616. The Kier molecular flexibility index (Phi) is 4.54. The number of benzene rings is 1. The van der Waals surface area contributed by atoms with E-state index >= 15 is 0 Å². The van der Waals surface area contributed by atoms with Crippen LogP contribution in [0.3, 0.4) is 0 Å². The molecule has 1 saturated heterocycles. The van der Waals surface area contributed by atoms with Crippen LogP contribution >= 0.6 is 12.4 Å². The lowest BCUT2D eigenvalue weighted by Gasteiger charge is -2.45. The number of nitrogens with zero attached hydrogens (tertiary/aromatic N) is 1. The Balaban J connectivity index is 0.00000112. The highest BCUT2D eigenvalue weighted by molar-refractivity contribution is 5.85. The number of hydroxylamine groups is 3. The summed E-state index contributed by atoms with van der Waals surface area (Å²) in [6.45, 7) is 3.68. The molecule has 0 spiro atoms. The second-order valence-corrected chi connectivity index (χ2v) is 3.90. The van der Waals surface area contributed by atoms with Crippen LogP contribution in [0.25, 0.3) is 0 Å². The van der Waals surface area contributed by atoms with E-state index in [1.165, 1.54) is 0 Å². The van der Waals surface area contributed by atoms with Crippen LogP contribution in [0.4, 0.5) is 0 Å². The second kappa shape index (κ2) is 5.47. The van der Waals surface area contributed by atoms with Crippen molar-refractivity contribution in [2.45, 2.75) is 6.54 Å². The first-order valence-electron chi connectivity index (χ1n) is 5.10. The molecule has 0 bridgehead atoms. The summed E-state index contributed by atoms with van der Waals surface area (Å²) in [6.07, 6.45) is 0. The molecule has 2 rings (SSSR count). The Morgan fingerprint density at radius 2 is 1.73 bits per heavy atom. The number of halogens is 1. The second-order valence-electron chi connectivity index (χ2n) is 3.90. The van der Waals surface area contributed by atoms with Crippen LogP contribution in [0, 0.1) is 5.21 Å². The summed E-state index contributed by atoms with van der Waals surface area (Å²) >= 11 is 0. The normalized spacial score (nSPS) is 19.3. The van der Waals surface area contributed by atoms with Crippen molar-refractivity contribution < 1.29 is 4.65 Å². The molecular weight excluding hydrogens is 212 g/mol. The third-order valence-electron chi connectivity index (χ3n) is 2.71. The fourth-order valence-corrected chi connectivity index (χ4v) is 1.88. The Morgan fingerprint density at radius 3 is 2.33 bits per heavy atom. The van der Waals surface area contributed by atoms with Crippen molar-refractivity contribution in [1.29, 1.82) is 0 Å². The highest BCUT2D eigenvalue weighted by atomic mass is 35.5. The smallest absolute Gasteiger partial charge is 0.104 e. The standard InChI is InChI=1S/C11H16N2O.ClH/c14-13(8-6-12-7-9-13)10-11-4-2-1-3-5-11;/h1-5,12H,6-10H2;1H. The summed E-state index contributed by atoms with van der Waals surface area (Å²) in [5, 5.41) is 15.4. The Morgan fingerprint density at radius 1 is 1.13 bits per heavy atom. The van der Waals surface area contributed by atoms with E-state index in [1.54, 1.807) is 0 Å². The van der Waals surface area contributed by atoms with Crippen molar-refractivity contribution in [3.63, 3.8) is 0 Å². The highest BCUT2D eigenvalue weighted by Gasteiger charge is 2.20. The first kappa shape index (κ1) is 12.5. The van der Waals surface area contributed by atoms with Crippen molar-refractivity contribution in [2.24, 2.45) is 0 Å². The van der Waals surface area contributed by atoms with Crippen LogP contribution in [0.5, 0.6) is 0 Å². The van der Waals surface area contributed by atoms with Gasteiger partial charge in [0.2, 0.25) is 0 Å². The molecule has 1 N–H and O–H groups in total. The highest BCUT2D eigenvalue weighted by Crippen LogP contribution is 2.13. The Hall–Kier alpha value is -0.610. The van der Waals surface area contributed by atoms with Gasteiger partial charge in [-0.05, 0) is 0 Å². The molecule has 1 aliphatic rings. The molecule has 0 amide bonds. The summed E-state index contributed by atoms with van der Waals surface area (Å²) in [5.41, 5.74) is 1.14. The van der Waals surface area contributed by atoms with Crippen LogP contribution < -0.4 is 5.32 Å². The number of quaternary nitrogens is 1. The topological polar surface area (TPSA) is 35.1 Å². The minimum absolute atomic E-state index is 0. The van der Waals surface area contributed by atoms with E-state index in [9.17, 15) is 5.21 Å². The molecule has 15 heavy (non-hydrogen) atoms. The largest absolute Gasteiger partial charge is 0.632 e. The molecule has 0 aliphatic carbocycles. The van der Waals surface area contributed by atoms with E-state index in [4.69, 9.17) is 0 Å². The first-order valence-corrected chi connectivity index (χ1v) is 5.10. The summed E-state index contributed by atoms with van der Waals surface area (Å²) in [4.78, 5) is 0. The molecule has 3 nitrogen and oxygen atoms in total. The maximum Gasteiger partial charge on any atom is 0.104 e. The monoisotopic (exact) mass is 228 g/mol. The molecule has 0 radical (unpaired) electrons. The maximum atomic E-state index is 12.2. The van der Waals surface area contributed by atoms with Crippen molar-refractivity contribution >= 4 is 12.4 Å². The van der Waals surface area contributed by atoms with Crippen molar-refractivity contribution in [2.75, 3.05) is 26.2 Å². The summed E-state index contributed by atoms with van der Waals surface area (Å²) in [5.74, 6) is 0. The fourth-order valence-electron chi connectivity index (χ4n) is 1.88. The number of hydrogen-bond acceptors (Lipinski definition) is 2. The predicted octanol–water partition coefficient (Wildman–Crippen LogP) is 1.53. The van der Waals surface area contributed by atoms with Crippen molar-refractivity contribution in [3.8, 4) is 0 Å². The van der Waals surface area contributed by atoms with Gasteiger partial charge in [-0.2, -0.15) is 0 Å². The third kappa shape index (κ3) is 3.47. The number of hydrogen-bond donors (Lipinski definition) is 1. The average Bonchev–Trinajstić information content (AvgIpc) is 2.19. The molecule has 1 aliphatic heterocycles. The van der Waals surface area contributed by atoms with E-state index in [-0.39, 0.29) is 17.1 Å². The zero-order valence-corrected chi connectivity index (χ0v) is 9.50. The summed E-state index contributed by atoms with van der Waals surface area (Å²) < 4.78 is -0.0724. The molecule has 1 heterocycles. The number of nitrogens with one attached hydrogen (secondary N) is 1. The van der Waals surface area contributed by atoms with Gasteiger partial charge in [0.1, 0.15) is 6.54 Å². The SMILES string of the molecule is Cl.[O-][N+]1(Cc2ccccc2)CCNCC1. The van der Waals surface area contributed by atoms with Gasteiger partial charge < -0.3 is 15.2 Å². The molecule has 1 aromatic rings. The third-order valence-corrected chi connectivity index (χ3v) is 2.71. The van der Waals surface area contributed by atoms with Crippen molar-refractivity contribution in [3.05, 3.63) is 41.1 Å².